The molecule has 1 aliphatic rings. The summed E-state index contributed by atoms with van der Waals surface area (Å²) in [6.07, 6.45) is 3.88. The topological polar surface area (TPSA) is 92.4 Å². The zero-order valence-corrected chi connectivity index (χ0v) is 18.7. The van der Waals surface area contributed by atoms with Crippen molar-refractivity contribution in [3.8, 4) is 22.9 Å². The summed E-state index contributed by atoms with van der Waals surface area (Å²) in [6, 6.07) is 13.3. The molecule has 0 unspecified atom stereocenters. The van der Waals surface area contributed by atoms with Crippen LogP contribution in [-0.4, -0.2) is 46.5 Å². The lowest BCUT2D eigenvalue weighted by atomic mass is 10.2. The number of methoxy groups -OCH3 is 3. The molecule has 0 aliphatic heterocycles. The van der Waals surface area contributed by atoms with Crippen molar-refractivity contribution in [2.24, 2.45) is 0 Å². The van der Waals surface area contributed by atoms with Crippen LogP contribution >= 0.6 is 0 Å². The molecule has 0 spiro atoms. The van der Waals surface area contributed by atoms with Crippen molar-refractivity contribution in [3.05, 3.63) is 64.7 Å². The summed E-state index contributed by atoms with van der Waals surface area (Å²) in [5.74, 6) is 2.34. The van der Waals surface area contributed by atoms with E-state index in [-0.39, 0.29) is 5.69 Å². The Hall–Kier alpha value is -4.01. The molecule has 2 aromatic heterocycles. The molecule has 2 heterocycles. The fourth-order valence-corrected chi connectivity index (χ4v) is 3.86. The highest BCUT2D eigenvalue weighted by molar-refractivity contribution is 5.75. The molecule has 33 heavy (non-hydrogen) atoms. The van der Waals surface area contributed by atoms with E-state index in [1.807, 2.05) is 24.3 Å². The molecular formula is C24H25N5O4. The number of aromatic nitrogens is 4. The monoisotopic (exact) mass is 447 g/mol. The van der Waals surface area contributed by atoms with Gasteiger partial charge in [-0.1, -0.05) is 18.2 Å². The quantitative estimate of drug-likeness (QED) is 0.443. The Balaban J connectivity index is 1.72. The van der Waals surface area contributed by atoms with Gasteiger partial charge in [0.2, 0.25) is 5.95 Å². The van der Waals surface area contributed by atoms with Crippen LogP contribution in [0.2, 0.25) is 0 Å². The molecule has 0 amide bonds. The number of imidazole rings is 1. The van der Waals surface area contributed by atoms with E-state index < -0.39 is 0 Å². The van der Waals surface area contributed by atoms with Gasteiger partial charge in [0, 0.05) is 17.7 Å². The van der Waals surface area contributed by atoms with Crippen molar-refractivity contribution in [2.75, 3.05) is 26.6 Å². The van der Waals surface area contributed by atoms with Crippen molar-refractivity contribution in [3.63, 3.8) is 0 Å². The first-order valence-electron chi connectivity index (χ1n) is 10.7. The normalized spacial score (nSPS) is 13.2. The fourth-order valence-electron chi connectivity index (χ4n) is 3.86. The van der Waals surface area contributed by atoms with E-state index >= 15 is 0 Å². The molecule has 0 bridgehead atoms. The van der Waals surface area contributed by atoms with Gasteiger partial charge in [-0.15, -0.1) is 0 Å². The van der Waals surface area contributed by atoms with E-state index in [0.717, 1.165) is 18.4 Å². The highest BCUT2D eigenvalue weighted by Gasteiger charge is 2.24. The number of benzene rings is 2. The van der Waals surface area contributed by atoms with Crippen molar-refractivity contribution >= 4 is 17.1 Å². The number of anilines is 1. The van der Waals surface area contributed by atoms with Crippen LogP contribution in [0.1, 0.15) is 18.4 Å². The van der Waals surface area contributed by atoms with E-state index in [1.54, 1.807) is 54.9 Å². The first kappa shape index (κ1) is 20.9. The van der Waals surface area contributed by atoms with Gasteiger partial charge in [-0.05, 0) is 31.0 Å². The second-order valence-electron chi connectivity index (χ2n) is 7.87. The van der Waals surface area contributed by atoms with Gasteiger partial charge in [0.05, 0.1) is 39.8 Å². The number of para-hydroxylation sites is 1. The summed E-state index contributed by atoms with van der Waals surface area (Å²) >= 11 is 0. The van der Waals surface area contributed by atoms with E-state index in [0.29, 0.717) is 52.6 Å². The Labute approximate surface area is 190 Å². The third-order valence-electron chi connectivity index (χ3n) is 5.73. The average molecular weight is 447 g/mol. The predicted molar refractivity (Wildman–Crippen MR) is 125 cm³/mol. The first-order valence-corrected chi connectivity index (χ1v) is 10.7. The lowest BCUT2D eigenvalue weighted by Gasteiger charge is -2.11. The molecule has 0 atom stereocenters. The highest BCUT2D eigenvalue weighted by atomic mass is 16.5. The van der Waals surface area contributed by atoms with Crippen LogP contribution < -0.4 is 25.2 Å². The summed E-state index contributed by atoms with van der Waals surface area (Å²) in [7, 11) is 4.77. The predicted octanol–water partition coefficient (Wildman–Crippen LogP) is 3.23. The SMILES string of the molecule is COc1ccc(-n2c(=O)n(Cc3ccccc3OC)c3cnc(NC4CC4)nc32)c(OC)c1. The van der Waals surface area contributed by atoms with Crippen molar-refractivity contribution in [1.29, 1.82) is 0 Å². The van der Waals surface area contributed by atoms with Gasteiger partial charge >= 0.3 is 5.69 Å². The standard InChI is InChI=1S/C24H25N5O4/c1-31-17-10-11-18(21(12-17)33-3)29-22-19(13-25-23(27-22)26-16-8-9-16)28(24(29)30)14-15-6-4-5-7-20(15)32-2/h4-7,10-13,16H,8-9,14H2,1-3H3,(H,25,26,27). The van der Waals surface area contributed by atoms with Gasteiger partial charge in [-0.3, -0.25) is 4.57 Å². The Morgan fingerprint density at radius 3 is 2.55 bits per heavy atom. The van der Waals surface area contributed by atoms with Crippen molar-refractivity contribution in [2.45, 2.75) is 25.4 Å². The summed E-state index contributed by atoms with van der Waals surface area (Å²) in [5.41, 5.74) is 2.31. The van der Waals surface area contributed by atoms with Gasteiger partial charge < -0.3 is 19.5 Å². The molecule has 9 heteroatoms. The molecule has 9 nitrogen and oxygen atoms in total. The fraction of sp³-hybridized carbons (Fsp3) is 0.292. The highest BCUT2D eigenvalue weighted by Crippen LogP contribution is 2.30. The minimum atomic E-state index is -0.253. The summed E-state index contributed by atoms with van der Waals surface area (Å²) in [5, 5.41) is 3.31. The zero-order valence-electron chi connectivity index (χ0n) is 18.7. The van der Waals surface area contributed by atoms with Crippen molar-refractivity contribution < 1.29 is 14.2 Å². The first-order chi connectivity index (χ1) is 16.1. The van der Waals surface area contributed by atoms with E-state index in [4.69, 9.17) is 19.2 Å². The molecular weight excluding hydrogens is 422 g/mol. The second kappa shape index (κ2) is 8.50. The van der Waals surface area contributed by atoms with Gasteiger partial charge in [0.15, 0.2) is 5.65 Å². The third-order valence-corrected chi connectivity index (χ3v) is 5.73. The van der Waals surface area contributed by atoms with Crippen LogP contribution in [0.4, 0.5) is 5.95 Å². The Morgan fingerprint density at radius 1 is 1.03 bits per heavy atom. The lowest BCUT2D eigenvalue weighted by molar-refractivity contribution is 0.393. The largest absolute Gasteiger partial charge is 0.497 e. The minimum absolute atomic E-state index is 0.253. The third kappa shape index (κ3) is 3.86. The summed E-state index contributed by atoms with van der Waals surface area (Å²) in [6.45, 7) is 0.309. The molecule has 170 valence electrons. The maximum absolute atomic E-state index is 13.8. The molecule has 1 saturated carbocycles. The number of fused-ring (bicyclic) bond motifs is 1. The second-order valence-corrected chi connectivity index (χ2v) is 7.87. The molecule has 0 saturated heterocycles. The van der Waals surface area contributed by atoms with E-state index in [2.05, 4.69) is 10.3 Å². The number of hydrogen-bond donors (Lipinski definition) is 1. The smallest absolute Gasteiger partial charge is 0.335 e. The molecule has 1 N–H and O–H groups in total. The Bertz CT molecular complexity index is 1370. The molecule has 2 aromatic carbocycles. The van der Waals surface area contributed by atoms with Gasteiger partial charge in [-0.2, -0.15) is 4.98 Å². The number of hydrogen-bond acceptors (Lipinski definition) is 7. The Kier molecular flexibility index (Phi) is 5.37. The van der Waals surface area contributed by atoms with Crippen LogP contribution in [0.5, 0.6) is 17.2 Å². The number of ether oxygens (including phenoxy) is 3. The summed E-state index contributed by atoms with van der Waals surface area (Å²) < 4.78 is 19.6. The van der Waals surface area contributed by atoms with Crippen LogP contribution in [-0.2, 0) is 6.54 Å². The van der Waals surface area contributed by atoms with Crippen LogP contribution in [0.3, 0.4) is 0 Å². The lowest BCUT2D eigenvalue weighted by Crippen LogP contribution is -2.24. The van der Waals surface area contributed by atoms with E-state index in [9.17, 15) is 4.79 Å². The van der Waals surface area contributed by atoms with Crippen LogP contribution in [0.15, 0.2) is 53.5 Å². The van der Waals surface area contributed by atoms with Crippen molar-refractivity contribution in [1.82, 2.24) is 19.1 Å². The maximum atomic E-state index is 13.8. The van der Waals surface area contributed by atoms with E-state index in [1.165, 1.54) is 0 Å². The number of nitrogens with zero attached hydrogens (tertiary/aromatic N) is 4. The van der Waals surface area contributed by atoms with Crippen LogP contribution in [0.25, 0.3) is 16.9 Å². The maximum Gasteiger partial charge on any atom is 0.335 e. The minimum Gasteiger partial charge on any atom is -0.497 e. The molecule has 1 fully saturated rings. The molecule has 5 rings (SSSR count). The van der Waals surface area contributed by atoms with Gasteiger partial charge in [0.1, 0.15) is 22.8 Å². The molecule has 4 aromatic rings. The molecule has 0 radical (unpaired) electrons. The molecule has 1 aliphatic carbocycles. The van der Waals surface area contributed by atoms with Gasteiger partial charge in [0.25, 0.3) is 0 Å². The Morgan fingerprint density at radius 2 is 1.82 bits per heavy atom. The number of rotatable bonds is 8. The van der Waals surface area contributed by atoms with Gasteiger partial charge in [-0.25, -0.2) is 14.3 Å². The van der Waals surface area contributed by atoms with Crippen LogP contribution in [0, 0.1) is 0 Å². The summed E-state index contributed by atoms with van der Waals surface area (Å²) in [4.78, 5) is 23.0. The number of nitrogens with one attached hydrogen (secondary N) is 1. The zero-order chi connectivity index (χ0) is 22.9. The average Bonchev–Trinajstić information content (AvgIpc) is 3.63.